The number of benzene rings is 3. The van der Waals surface area contributed by atoms with Gasteiger partial charge in [0.25, 0.3) is 0 Å². The van der Waals surface area contributed by atoms with E-state index in [1.165, 1.54) is 5.56 Å². The van der Waals surface area contributed by atoms with E-state index < -0.39 is 0 Å². The molecule has 4 heteroatoms. The van der Waals surface area contributed by atoms with Gasteiger partial charge in [0.1, 0.15) is 0 Å². The lowest BCUT2D eigenvalue weighted by Gasteiger charge is -2.18. The standard InChI is InChI=1S/C25H21NO3/c1-2-14-29-15-13-17-7-9-18(10-8-17)26-19-11-12-22-23(16-19)25(28)21-6-4-3-5-20(21)24(22)27/h2-12,16,26H,1,13-15H2. The Hall–Kier alpha value is -3.50. The lowest BCUT2D eigenvalue weighted by molar-refractivity contribution is 0.0979. The minimum atomic E-state index is -0.117. The summed E-state index contributed by atoms with van der Waals surface area (Å²) in [5, 5.41) is 3.31. The number of ketones is 2. The zero-order chi connectivity index (χ0) is 20.2. The molecule has 29 heavy (non-hydrogen) atoms. The van der Waals surface area contributed by atoms with Gasteiger partial charge >= 0.3 is 0 Å². The van der Waals surface area contributed by atoms with Crippen LogP contribution >= 0.6 is 0 Å². The van der Waals surface area contributed by atoms with Gasteiger partial charge in [-0.05, 0) is 42.3 Å². The van der Waals surface area contributed by atoms with Gasteiger partial charge in [0.15, 0.2) is 11.6 Å². The second-order valence-electron chi connectivity index (χ2n) is 6.90. The molecular formula is C25H21NO3. The van der Waals surface area contributed by atoms with Gasteiger partial charge in [-0.1, -0.05) is 42.5 Å². The van der Waals surface area contributed by atoms with Gasteiger partial charge in [-0.25, -0.2) is 0 Å². The monoisotopic (exact) mass is 383 g/mol. The van der Waals surface area contributed by atoms with Crippen LogP contribution in [0.25, 0.3) is 0 Å². The van der Waals surface area contributed by atoms with Crippen molar-refractivity contribution < 1.29 is 14.3 Å². The molecule has 1 N–H and O–H groups in total. The highest BCUT2D eigenvalue weighted by Crippen LogP contribution is 2.30. The molecule has 0 fully saturated rings. The van der Waals surface area contributed by atoms with Crippen LogP contribution < -0.4 is 5.32 Å². The molecule has 0 atom stereocenters. The van der Waals surface area contributed by atoms with Crippen molar-refractivity contribution in [3.8, 4) is 0 Å². The number of ether oxygens (including phenoxy) is 1. The summed E-state index contributed by atoms with van der Waals surface area (Å²) in [6.45, 7) is 4.84. The molecule has 0 saturated carbocycles. The minimum absolute atomic E-state index is 0.107. The van der Waals surface area contributed by atoms with Gasteiger partial charge in [-0.15, -0.1) is 6.58 Å². The molecule has 4 rings (SSSR count). The third-order valence-corrected chi connectivity index (χ3v) is 4.94. The first-order valence-electron chi connectivity index (χ1n) is 9.54. The topological polar surface area (TPSA) is 55.4 Å². The van der Waals surface area contributed by atoms with Crippen molar-refractivity contribution in [2.45, 2.75) is 6.42 Å². The van der Waals surface area contributed by atoms with Crippen LogP contribution in [-0.4, -0.2) is 24.8 Å². The summed E-state index contributed by atoms with van der Waals surface area (Å²) in [5.74, 6) is -0.224. The first-order chi connectivity index (χ1) is 14.2. The fourth-order valence-electron chi connectivity index (χ4n) is 3.46. The maximum absolute atomic E-state index is 12.9. The van der Waals surface area contributed by atoms with E-state index in [-0.39, 0.29) is 11.6 Å². The highest BCUT2D eigenvalue weighted by Gasteiger charge is 2.29. The molecule has 4 nitrogen and oxygen atoms in total. The van der Waals surface area contributed by atoms with Crippen molar-refractivity contribution in [2.24, 2.45) is 0 Å². The molecule has 1 aliphatic carbocycles. The summed E-state index contributed by atoms with van der Waals surface area (Å²) in [4.78, 5) is 25.6. The summed E-state index contributed by atoms with van der Waals surface area (Å²) in [7, 11) is 0. The molecule has 0 unspecified atom stereocenters. The summed E-state index contributed by atoms with van der Waals surface area (Å²) in [6.07, 6.45) is 2.57. The van der Waals surface area contributed by atoms with Crippen LogP contribution in [0.15, 0.2) is 79.4 Å². The number of carbonyl (C=O) groups is 2. The average Bonchev–Trinajstić information content (AvgIpc) is 2.76. The predicted molar refractivity (Wildman–Crippen MR) is 114 cm³/mol. The van der Waals surface area contributed by atoms with Gasteiger partial charge in [0.05, 0.1) is 13.2 Å². The molecule has 0 aromatic heterocycles. The fraction of sp³-hybridized carbons (Fsp3) is 0.120. The van der Waals surface area contributed by atoms with E-state index in [9.17, 15) is 9.59 Å². The number of fused-ring (bicyclic) bond motifs is 2. The van der Waals surface area contributed by atoms with E-state index in [2.05, 4.69) is 11.9 Å². The maximum atomic E-state index is 12.9. The largest absolute Gasteiger partial charge is 0.377 e. The first-order valence-corrected chi connectivity index (χ1v) is 9.54. The van der Waals surface area contributed by atoms with Crippen LogP contribution in [-0.2, 0) is 11.2 Å². The van der Waals surface area contributed by atoms with E-state index in [0.29, 0.717) is 35.5 Å². The summed E-state index contributed by atoms with van der Waals surface area (Å²) < 4.78 is 5.42. The molecule has 1 aliphatic rings. The molecule has 0 radical (unpaired) electrons. The van der Waals surface area contributed by atoms with Crippen molar-refractivity contribution in [1.29, 1.82) is 0 Å². The van der Waals surface area contributed by atoms with Gasteiger partial charge in [-0.3, -0.25) is 9.59 Å². The van der Waals surface area contributed by atoms with Crippen molar-refractivity contribution in [2.75, 3.05) is 18.5 Å². The third-order valence-electron chi connectivity index (χ3n) is 4.94. The van der Waals surface area contributed by atoms with Gasteiger partial charge in [-0.2, -0.15) is 0 Å². The Balaban J connectivity index is 1.50. The third kappa shape index (κ3) is 3.89. The Morgan fingerprint density at radius 3 is 2.10 bits per heavy atom. The Morgan fingerprint density at radius 2 is 1.41 bits per heavy atom. The summed E-state index contributed by atoms with van der Waals surface area (Å²) >= 11 is 0. The van der Waals surface area contributed by atoms with E-state index in [0.717, 1.165) is 17.8 Å². The Kier molecular flexibility index (Phi) is 5.36. The Morgan fingerprint density at radius 1 is 0.793 bits per heavy atom. The molecule has 0 saturated heterocycles. The molecular weight excluding hydrogens is 362 g/mol. The minimum Gasteiger partial charge on any atom is -0.377 e. The average molecular weight is 383 g/mol. The quantitative estimate of drug-likeness (QED) is 0.362. The molecule has 0 spiro atoms. The number of nitrogens with one attached hydrogen (secondary N) is 1. The van der Waals surface area contributed by atoms with Crippen LogP contribution in [0.3, 0.4) is 0 Å². The van der Waals surface area contributed by atoms with Gasteiger partial charge < -0.3 is 10.1 Å². The number of anilines is 2. The number of rotatable bonds is 7. The van der Waals surface area contributed by atoms with Crippen LogP contribution in [0, 0.1) is 0 Å². The van der Waals surface area contributed by atoms with E-state index in [1.807, 2.05) is 30.3 Å². The first kappa shape index (κ1) is 18.8. The van der Waals surface area contributed by atoms with Crippen molar-refractivity contribution in [3.05, 3.63) is 107 Å². The highest BCUT2D eigenvalue weighted by atomic mass is 16.5. The lowest BCUT2D eigenvalue weighted by atomic mass is 9.84. The van der Waals surface area contributed by atoms with E-state index in [1.54, 1.807) is 42.5 Å². The number of hydrogen-bond donors (Lipinski definition) is 1. The smallest absolute Gasteiger partial charge is 0.194 e. The van der Waals surface area contributed by atoms with Crippen LogP contribution in [0.4, 0.5) is 11.4 Å². The zero-order valence-corrected chi connectivity index (χ0v) is 16.0. The highest BCUT2D eigenvalue weighted by molar-refractivity contribution is 6.28. The van der Waals surface area contributed by atoms with Gasteiger partial charge in [0, 0.05) is 33.6 Å². The number of hydrogen-bond acceptors (Lipinski definition) is 4. The Labute approximate surface area is 169 Å². The van der Waals surface area contributed by atoms with Crippen LogP contribution in [0.1, 0.15) is 37.4 Å². The van der Waals surface area contributed by atoms with E-state index >= 15 is 0 Å². The maximum Gasteiger partial charge on any atom is 0.194 e. The molecule has 0 amide bonds. The van der Waals surface area contributed by atoms with Gasteiger partial charge in [0.2, 0.25) is 0 Å². The van der Waals surface area contributed by atoms with Crippen LogP contribution in [0.2, 0.25) is 0 Å². The van der Waals surface area contributed by atoms with Crippen molar-refractivity contribution >= 4 is 22.9 Å². The molecule has 0 aliphatic heterocycles. The molecule has 3 aromatic carbocycles. The van der Waals surface area contributed by atoms with Crippen LogP contribution in [0.5, 0.6) is 0 Å². The van der Waals surface area contributed by atoms with Crippen molar-refractivity contribution in [3.63, 3.8) is 0 Å². The summed E-state index contributed by atoms with van der Waals surface area (Å²) in [6, 6.07) is 20.3. The number of carbonyl (C=O) groups excluding carboxylic acids is 2. The lowest BCUT2D eigenvalue weighted by Crippen LogP contribution is -2.20. The zero-order valence-electron chi connectivity index (χ0n) is 16.0. The normalized spacial score (nSPS) is 12.3. The SMILES string of the molecule is C=CCOCCc1ccc(Nc2ccc3c(c2)C(=O)c2ccccc2C3=O)cc1. The molecule has 0 bridgehead atoms. The second-order valence-corrected chi connectivity index (χ2v) is 6.90. The second kappa shape index (κ2) is 8.25. The Bertz CT molecular complexity index is 1080. The van der Waals surface area contributed by atoms with Crippen molar-refractivity contribution in [1.82, 2.24) is 0 Å². The molecule has 144 valence electrons. The van der Waals surface area contributed by atoms with E-state index in [4.69, 9.17) is 4.74 Å². The fourth-order valence-corrected chi connectivity index (χ4v) is 3.46. The molecule has 3 aromatic rings. The predicted octanol–water partition coefficient (Wildman–Crippen LogP) is 4.95. The summed E-state index contributed by atoms with van der Waals surface area (Å²) in [5.41, 5.74) is 4.69. The molecule has 0 heterocycles.